The van der Waals surface area contributed by atoms with Gasteiger partial charge in [0, 0.05) is 0 Å². The average molecular weight is 127 g/mol. The number of ketones is 1. The van der Waals surface area contributed by atoms with Gasteiger partial charge in [-0.2, -0.15) is 0 Å². The largest absolute Gasteiger partial charge is 0.310 e. The van der Waals surface area contributed by atoms with Crippen LogP contribution in [0, 0.1) is 0 Å². The van der Waals surface area contributed by atoms with Gasteiger partial charge in [-0.05, 0) is 26.5 Å². The number of hydrogen-bond donors (Lipinski definition) is 1. The van der Waals surface area contributed by atoms with E-state index < -0.39 is 0 Å². The van der Waals surface area contributed by atoms with Crippen molar-refractivity contribution in [1.29, 1.82) is 0 Å². The maximum absolute atomic E-state index is 10.9. The Morgan fingerprint density at radius 2 is 2.11 bits per heavy atom. The molecule has 0 spiro atoms. The third kappa shape index (κ3) is 2.42. The third-order valence-corrected chi connectivity index (χ3v) is 1.25. The minimum absolute atomic E-state index is 0.0810. The maximum atomic E-state index is 10.9. The Morgan fingerprint density at radius 3 is 2.22 bits per heavy atom. The summed E-state index contributed by atoms with van der Waals surface area (Å²) >= 11 is 0. The van der Waals surface area contributed by atoms with E-state index in [2.05, 4.69) is 11.9 Å². The molecule has 1 N–H and O–H groups in total. The Labute approximate surface area is 56.0 Å². The standard InChI is InChI=1S/C7H13NO/c1-5(2)7(9)6(3)8-4/h6,8H,1H2,2-4H3. The molecule has 0 fully saturated rings. The van der Waals surface area contributed by atoms with Crippen molar-refractivity contribution in [3.05, 3.63) is 12.2 Å². The lowest BCUT2D eigenvalue weighted by atomic mass is 10.1. The predicted octanol–water partition coefficient (Wildman–Crippen LogP) is 0.739. The molecule has 0 rings (SSSR count). The summed E-state index contributed by atoms with van der Waals surface area (Å²) in [6.45, 7) is 7.07. The second-order valence-electron chi connectivity index (χ2n) is 2.15. The summed E-state index contributed by atoms with van der Waals surface area (Å²) in [6.07, 6.45) is 0. The molecule has 0 aromatic carbocycles. The van der Waals surface area contributed by atoms with Crippen molar-refractivity contribution in [2.24, 2.45) is 0 Å². The number of carbonyl (C=O) groups excluding carboxylic acids is 1. The Hall–Kier alpha value is -0.630. The number of likely N-dealkylation sites (N-methyl/N-ethyl adjacent to an activating group) is 1. The highest BCUT2D eigenvalue weighted by Gasteiger charge is 2.09. The van der Waals surface area contributed by atoms with Gasteiger partial charge in [-0.1, -0.05) is 6.58 Å². The van der Waals surface area contributed by atoms with Crippen molar-refractivity contribution < 1.29 is 4.79 Å². The van der Waals surface area contributed by atoms with E-state index in [9.17, 15) is 4.79 Å². The van der Waals surface area contributed by atoms with Crippen LogP contribution in [0.25, 0.3) is 0 Å². The molecule has 0 saturated heterocycles. The van der Waals surface area contributed by atoms with Crippen LogP contribution < -0.4 is 5.32 Å². The van der Waals surface area contributed by atoms with Crippen LogP contribution in [0.4, 0.5) is 0 Å². The summed E-state index contributed by atoms with van der Waals surface area (Å²) in [5, 5.41) is 2.84. The number of nitrogens with one attached hydrogen (secondary N) is 1. The highest BCUT2D eigenvalue weighted by atomic mass is 16.1. The predicted molar refractivity (Wildman–Crippen MR) is 38.3 cm³/mol. The number of hydrogen-bond acceptors (Lipinski definition) is 2. The van der Waals surface area contributed by atoms with Crippen LogP contribution in [0.3, 0.4) is 0 Å². The van der Waals surface area contributed by atoms with Gasteiger partial charge in [0.15, 0.2) is 5.78 Å². The quantitative estimate of drug-likeness (QED) is 0.566. The highest BCUT2D eigenvalue weighted by Crippen LogP contribution is 1.93. The van der Waals surface area contributed by atoms with E-state index in [1.165, 1.54) is 0 Å². The molecule has 9 heavy (non-hydrogen) atoms. The summed E-state index contributed by atoms with van der Waals surface area (Å²) in [5.74, 6) is 0.0810. The van der Waals surface area contributed by atoms with E-state index in [-0.39, 0.29) is 11.8 Å². The Kier molecular flexibility index (Phi) is 3.17. The molecular weight excluding hydrogens is 114 g/mol. The van der Waals surface area contributed by atoms with Gasteiger partial charge in [0.25, 0.3) is 0 Å². The fraction of sp³-hybridized carbons (Fsp3) is 0.571. The van der Waals surface area contributed by atoms with E-state index in [0.29, 0.717) is 5.57 Å². The zero-order valence-corrected chi connectivity index (χ0v) is 6.19. The van der Waals surface area contributed by atoms with Gasteiger partial charge < -0.3 is 5.32 Å². The molecule has 0 amide bonds. The third-order valence-electron chi connectivity index (χ3n) is 1.25. The van der Waals surface area contributed by atoms with Crippen molar-refractivity contribution in [2.75, 3.05) is 7.05 Å². The maximum Gasteiger partial charge on any atom is 0.174 e. The van der Waals surface area contributed by atoms with Crippen LogP contribution in [-0.2, 0) is 4.79 Å². The van der Waals surface area contributed by atoms with Crippen LogP contribution in [-0.4, -0.2) is 18.9 Å². The normalized spacial score (nSPS) is 12.8. The van der Waals surface area contributed by atoms with Crippen molar-refractivity contribution in [1.82, 2.24) is 5.32 Å². The fourth-order valence-corrected chi connectivity index (χ4v) is 0.501. The van der Waals surface area contributed by atoms with Gasteiger partial charge >= 0.3 is 0 Å². The van der Waals surface area contributed by atoms with E-state index >= 15 is 0 Å². The van der Waals surface area contributed by atoms with Crippen LogP contribution in [0.2, 0.25) is 0 Å². The molecule has 52 valence electrons. The Balaban J connectivity index is 3.88. The van der Waals surface area contributed by atoms with Gasteiger partial charge in [0.05, 0.1) is 6.04 Å². The summed E-state index contributed by atoms with van der Waals surface area (Å²) in [4.78, 5) is 10.9. The van der Waals surface area contributed by atoms with E-state index in [4.69, 9.17) is 0 Å². The van der Waals surface area contributed by atoms with Gasteiger partial charge in [0.1, 0.15) is 0 Å². The molecule has 0 aromatic rings. The molecule has 0 aliphatic carbocycles. The van der Waals surface area contributed by atoms with Crippen molar-refractivity contribution >= 4 is 5.78 Å². The molecule has 1 unspecified atom stereocenters. The first-order chi connectivity index (χ1) is 4.09. The topological polar surface area (TPSA) is 29.1 Å². The molecule has 0 saturated carbocycles. The van der Waals surface area contributed by atoms with E-state index in [1.54, 1.807) is 14.0 Å². The lowest BCUT2D eigenvalue weighted by Gasteiger charge is -2.06. The zero-order valence-electron chi connectivity index (χ0n) is 6.19. The first-order valence-electron chi connectivity index (χ1n) is 2.96. The summed E-state index contributed by atoms with van der Waals surface area (Å²) in [5.41, 5.74) is 0.608. The minimum atomic E-state index is -0.0949. The van der Waals surface area contributed by atoms with Gasteiger partial charge in [0.2, 0.25) is 0 Å². The minimum Gasteiger partial charge on any atom is -0.310 e. The number of rotatable bonds is 3. The van der Waals surface area contributed by atoms with Crippen LogP contribution >= 0.6 is 0 Å². The zero-order chi connectivity index (χ0) is 7.44. The van der Waals surface area contributed by atoms with Crippen molar-refractivity contribution in [3.8, 4) is 0 Å². The summed E-state index contributed by atoms with van der Waals surface area (Å²) < 4.78 is 0. The van der Waals surface area contributed by atoms with Gasteiger partial charge in [-0.3, -0.25) is 4.79 Å². The molecule has 1 atom stereocenters. The molecule has 0 aliphatic heterocycles. The van der Waals surface area contributed by atoms with Gasteiger partial charge in [-0.15, -0.1) is 0 Å². The SMILES string of the molecule is C=C(C)C(=O)C(C)NC. The lowest BCUT2D eigenvalue weighted by Crippen LogP contribution is -2.30. The van der Waals surface area contributed by atoms with E-state index in [1.807, 2.05) is 6.92 Å². The molecular formula is C7H13NO. The summed E-state index contributed by atoms with van der Waals surface area (Å²) in [7, 11) is 1.76. The molecule has 0 radical (unpaired) electrons. The molecule has 2 heteroatoms. The molecule has 0 heterocycles. The first-order valence-corrected chi connectivity index (χ1v) is 2.96. The van der Waals surface area contributed by atoms with Crippen LogP contribution in [0.1, 0.15) is 13.8 Å². The second-order valence-corrected chi connectivity index (χ2v) is 2.15. The monoisotopic (exact) mass is 127 g/mol. The fourth-order valence-electron chi connectivity index (χ4n) is 0.501. The van der Waals surface area contributed by atoms with Gasteiger partial charge in [-0.25, -0.2) is 0 Å². The second kappa shape index (κ2) is 3.41. The Morgan fingerprint density at radius 1 is 1.67 bits per heavy atom. The lowest BCUT2D eigenvalue weighted by molar-refractivity contribution is -0.116. The molecule has 2 nitrogen and oxygen atoms in total. The average Bonchev–Trinajstić information content (AvgIpc) is 1.84. The molecule has 0 aromatic heterocycles. The molecule has 0 bridgehead atoms. The molecule has 0 aliphatic rings. The van der Waals surface area contributed by atoms with Crippen LogP contribution in [0.15, 0.2) is 12.2 Å². The smallest absolute Gasteiger partial charge is 0.174 e. The highest BCUT2D eigenvalue weighted by molar-refractivity contribution is 5.98. The Bertz CT molecular complexity index is 129. The van der Waals surface area contributed by atoms with Crippen molar-refractivity contribution in [3.63, 3.8) is 0 Å². The van der Waals surface area contributed by atoms with Crippen molar-refractivity contribution in [2.45, 2.75) is 19.9 Å². The number of carbonyl (C=O) groups is 1. The van der Waals surface area contributed by atoms with Crippen LogP contribution in [0.5, 0.6) is 0 Å². The van der Waals surface area contributed by atoms with E-state index in [0.717, 1.165) is 0 Å². The number of Topliss-reactive ketones (excluding diaryl/α,β-unsaturated/α-hetero) is 1. The summed E-state index contributed by atoms with van der Waals surface area (Å²) in [6, 6.07) is -0.0949. The first kappa shape index (κ1) is 8.37.